The normalized spacial score (nSPS) is 12.1. The minimum atomic E-state index is -1.06. The Kier molecular flexibility index (Phi) is 4.03. The van der Waals surface area contributed by atoms with E-state index in [9.17, 15) is 9.59 Å². The highest BCUT2D eigenvalue weighted by Gasteiger charge is 2.27. The summed E-state index contributed by atoms with van der Waals surface area (Å²) < 4.78 is 0. The lowest BCUT2D eigenvalue weighted by Crippen LogP contribution is -2.53. The molecule has 2 amide bonds. The molecule has 0 aliphatic heterocycles. The van der Waals surface area contributed by atoms with Crippen LogP contribution in [0.5, 0.6) is 0 Å². The van der Waals surface area contributed by atoms with Gasteiger partial charge in [-0.05, 0) is 37.0 Å². The summed E-state index contributed by atoms with van der Waals surface area (Å²) in [6, 6.07) is 7.36. The highest BCUT2D eigenvalue weighted by molar-refractivity contribution is 5.98. The molecule has 0 fully saturated rings. The average Bonchev–Trinajstić information content (AvgIpc) is 2.27. The average molecular weight is 262 g/mol. The lowest BCUT2D eigenvalue weighted by molar-refractivity contribution is -0.122. The molecule has 1 aromatic carbocycles. The van der Waals surface area contributed by atoms with Gasteiger partial charge in [0.15, 0.2) is 0 Å². The Hall–Kier alpha value is -1.84. The Morgan fingerprint density at radius 2 is 1.47 bits per heavy atom. The summed E-state index contributed by atoms with van der Waals surface area (Å²) in [5.41, 5.74) is 5.88. The number of hydrogen-bond acceptors (Lipinski definition) is 2. The number of rotatable bonds is 3. The molecule has 1 aromatic rings. The van der Waals surface area contributed by atoms with E-state index in [1.54, 1.807) is 26.0 Å². The molecule has 0 saturated carbocycles. The molecule has 0 aliphatic rings. The van der Waals surface area contributed by atoms with E-state index < -0.39 is 11.4 Å². The zero-order valence-corrected chi connectivity index (χ0v) is 12.2. The van der Waals surface area contributed by atoms with Crippen molar-refractivity contribution in [2.24, 2.45) is 5.73 Å². The second-order valence-electron chi connectivity index (χ2n) is 6.27. The van der Waals surface area contributed by atoms with Gasteiger partial charge >= 0.3 is 0 Å². The maximum absolute atomic E-state index is 12.0. The van der Waals surface area contributed by atoms with Crippen LogP contribution >= 0.6 is 0 Å². The number of carbonyl (C=O) groups is 2. The van der Waals surface area contributed by atoms with Gasteiger partial charge < -0.3 is 11.1 Å². The standard InChI is InChI=1S/C15H22N2O2/c1-14(2,3)11-8-6-10(7-9-11)12(18)17-15(4,5)13(16)19/h6-9H,1-5H3,(H2,16,19)(H,17,18). The van der Waals surface area contributed by atoms with E-state index in [4.69, 9.17) is 5.73 Å². The Morgan fingerprint density at radius 3 is 1.84 bits per heavy atom. The van der Waals surface area contributed by atoms with Crippen LogP contribution in [-0.4, -0.2) is 17.4 Å². The zero-order valence-electron chi connectivity index (χ0n) is 12.2. The van der Waals surface area contributed by atoms with Crippen molar-refractivity contribution in [2.45, 2.75) is 45.6 Å². The molecule has 19 heavy (non-hydrogen) atoms. The molecule has 4 heteroatoms. The molecule has 0 spiro atoms. The molecule has 4 nitrogen and oxygen atoms in total. The monoisotopic (exact) mass is 262 g/mol. The molecule has 0 radical (unpaired) electrons. The highest BCUT2D eigenvalue weighted by Crippen LogP contribution is 2.22. The van der Waals surface area contributed by atoms with E-state index >= 15 is 0 Å². The highest BCUT2D eigenvalue weighted by atomic mass is 16.2. The van der Waals surface area contributed by atoms with Gasteiger partial charge in [-0.1, -0.05) is 32.9 Å². The first-order valence-corrected chi connectivity index (χ1v) is 6.27. The number of nitrogens with one attached hydrogen (secondary N) is 1. The number of amides is 2. The maximum Gasteiger partial charge on any atom is 0.252 e. The van der Waals surface area contributed by atoms with Gasteiger partial charge in [0.1, 0.15) is 5.54 Å². The molecular formula is C15H22N2O2. The van der Waals surface area contributed by atoms with Gasteiger partial charge in [0.05, 0.1) is 0 Å². The van der Waals surface area contributed by atoms with E-state index in [-0.39, 0.29) is 11.3 Å². The van der Waals surface area contributed by atoms with E-state index in [1.807, 2.05) is 12.1 Å². The molecule has 0 unspecified atom stereocenters. The zero-order chi connectivity index (χ0) is 14.8. The Bertz CT molecular complexity index is 482. The van der Waals surface area contributed by atoms with E-state index in [1.165, 1.54) is 0 Å². The van der Waals surface area contributed by atoms with Crippen LogP contribution in [0.25, 0.3) is 0 Å². The van der Waals surface area contributed by atoms with Gasteiger partial charge in [-0.2, -0.15) is 0 Å². The number of hydrogen-bond donors (Lipinski definition) is 2. The largest absolute Gasteiger partial charge is 0.368 e. The maximum atomic E-state index is 12.0. The van der Waals surface area contributed by atoms with Crippen molar-refractivity contribution in [1.29, 1.82) is 0 Å². The van der Waals surface area contributed by atoms with Crippen molar-refractivity contribution >= 4 is 11.8 Å². The van der Waals surface area contributed by atoms with Crippen molar-refractivity contribution in [3.05, 3.63) is 35.4 Å². The van der Waals surface area contributed by atoms with Gasteiger partial charge in [0, 0.05) is 5.56 Å². The summed E-state index contributed by atoms with van der Waals surface area (Å²) in [4.78, 5) is 23.2. The molecule has 1 rings (SSSR count). The number of benzene rings is 1. The lowest BCUT2D eigenvalue weighted by atomic mass is 9.86. The Labute approximate surface area is 114 Å². The second-order valence-corrected chi connectivity index (χ2v) is 6.27. The van der Waals surface area contributed by atoms with Crippen molar-refractivity contribution < 1.29 is 9.59 Å². The molecule has 0 heterocycles. The van der Waals surface area contributed by atoms with Crippen LogP contribution in [0.4, 0.5) is 0 Å². The van der Waals surface area contributed by atoms with Crippen molar-refractivity contribution in [2.75, 3.05) is 0 Å². The molecule has 0 aliphatic carbocycles. The third-order valence-corrected chi connectivity index (χ3v) is 3.06. The van der Waals surface area contributed by atoms with Crippen LogP contribution in [-0.2, 0) is 10.2 Å². The first kappa shape index (κ1) is 15.2. The number of nitrogens with two attached hydrogens (primary N) is 1. The van der Waals surface area contributed by atoms with Crippen LogP contribution in [0, 0.1) is 0 Å². The van der Waals surface area contributed by atoms with Crippen LogP contribution in [0.3, 0.4) is 0 Å². The predicted octanol–water partition coefficient (Wildman–Crippen LogP) is 1.98. The van der Waals surface area contributed by atoms with Crippen LogP contribution in [0.1, 0.15) is 50.5 Å². The summed E-state index contributed by atoms with van der Waals surface area (Å²) in [5.74, 6) is -0.864. The second kappa shape index (κ2) is 5.03. The molecule has 0 saturated heterocycles. The minimum absolute atomic E-state index is 0.0432. The third-order valence-electron chi connectivity index (χ3n) is 3.06. The molecule has 0 aromatic heterocycles. The summed E-state index contributed by atoms with van der Waals surface area (Å²) in [6.45, 7) is 9.49. The topological polar surface area (TPSA) is 72.2 Å². The van der Waals surface area contributed by atoms with Crippen molar-refractivity contribution in [3.8, 4) is 0 Å². The van der Waals surface area contributed by atoms with Gasteiger partial charge in [-0.25, -0.2) is 0 Å². The molecule has 3 N–H and O–H groups in total. The SMILES string of the molecule is CC(C)(NC(=O)c1ccc(C(C)(C)C)cc1)C(N)=O. The summed E-state index contributed by atoms with van der Waals surface area (Å²) in [5, 5.41) is 2.62. The fourth-order valence-corrected chi connectivity index (χ4v) is 1.54. The fraction of sp³-hybridized carbons (Fsp3) is 0.467. The molecule has 0 atom stereocenters. The first-order chi connectivity index (χ1) is 8.54. The summed E-state index contributed by atoms with van der Waals surface area (Å²) in [6.07, 6.45) is 0. The van der Waals surface area contributed by atoms with Gasteiger partial charge in [0.2, 0.25) is 5.91 Å². The first-order valence-electron chi connectivity index (χ1n) is 6.27. The Balaban J connectivity index is 2.88. The van der Waals surface area contributed by atoms with Gasteiger partial charge in [-0.15, -0.1) is 0 Å². The van der Waals surface area contributed by atoms with E-state index in [2.05, 4.69) is 26.1 Å². The quantitative estimate of drug-likeness (QED) is 0.874. The third kappa shape index (κ3) is 3.81. The van der Waals surface area contributed by atoms with Crippen LogP contribution < -0.4 is 11.1 Å². The number of carbonyl (C=O) groups excluding carboxylic acids is 2. The number of primary amides is 1. The molecule has 104 valence electrons. The smallest absolute Gasteiger partial charge is 0.252 e. The van der Waals surface area contributed by atoms with Crippen LogP contribution in [0.15, 0.2) is 24.3 Å². The summed E-state index contributed by atoms with van der Waals surface area (Å²) >= 11 is 0. The minimum Gasteiger partial charge on any atom is -0.368 e. The fourth-order valence-electron chi connectivity index (χ4n) is 1.54. The van der Waals surface area contributed by atoms with Crippen LogP contribution in [0.2, 0.25) is 0 Å². The molecular weight excluding hydrogens is 240 g/mol. The lowest BCUT2D eigenvalue weighted by Gasteiger charge is -2.23. The van der Waals surface area contributed by atoms with Gasteiger partial charge in [-0.3, -0.25) is 9.59 Å². The Morgan fingerprint density at radius 1 is 1.00 bits per heavy atom. The molecule has 0 bridgehead atoms. The predicted molar refractivity (Wildman–Crippen MR) is 75.9 cm³/mol. The van der Waals surface area contributed by atoms with Gasteiger partial charge in [0.25, 0.3) is 5.91 Å². The van der Waals surface area contributed by atoms with Crippen molar-refractivity contribution in [3.63, 3.8) is 0 Å². The van der Waals surface area contributed by atoms with E-state index in [0.29, 0.717) is 5.56 Å². The van der Waals surface area contributed by atoms with E-state index in [0.717, 1.165) is 5.56 Å². The summed E-state index contributed by atoms with van der Waals surface area (Å²) in [7, 11) is 0. The van der Waals surface area contributed by atoms with Crippen molar-refractivity contribution in [1.82, 2.24) is 5.32 Å².